The Bertz CT molecular complexity index is 1050. The summed E-state index contributed by atoms with van der Waals surface area (Å²) >= 11 is 0. The number of anilines is 1. The fraction of sp³-hybridized carbons (Fsp3) is 0.273. The second kappa shape index (κ2) is 8.00. The number of hydrogen-bond acceptors (Lipinski definition) is 4. The lowest BCUT2D eigenvalue weighted by atomic mass is 10.0. The van der Waals surface area contributed by atoms with Crippen LogP contribution in [0.25, 0.3) is 33.3 Å². The average molecular weight is 350 g/mol. The first-order valence-electron chi connectivity index (χ1n) is 8.65. The van der Waals surface area contributed by atoms with E-state index in [1.165, 1.54) is 6.07 Å². The van der Waals surface area contributed by atoms with E-state index in [4.69, 9.17) is 9.40 Å². The zero-order chi connectivity index (χ0) is 18.0. The maximum Gasteiger partial charge on any atom is 0.190 e. The van der Waals surface area contributed by atoms with Gasteiger partial charge in [-0.2, -0.15) is 0 Å². The highest BCUT2D eigenvalue weighted by Gasteiger charge is 2.15. The molecule has 2 aliphatic rings. The number of rotatable bonds is 2. The van der Waals surface area contributed by atoms with Crippen molar-refractivity contribution < 1.29 is 4.42 Å². The molecule has 0 fully saturated rings. The molecule has 1 aliphatic carbocycles. The maximum absolute atomic E-state index is 12.3. The van der Waals surface area contributed by atoms with Crippen LogP contribution in [0.2, 0.25) is 0 Å². The Morgan fingerprint density at radius 3 is 2.42 bits per heavy atom. The molecule has 0 amide bonds. The van der Waals surface area contributed by atoms with Crippen LogP contribution in [0.5, 0.6) is 0 Å². The monoisotopic (exact) mass is 350 g/mol. The zero-order valence-electron chi connectivity index (χ0n) is 15.0. The summed E-state index contributed by atoms with van der Waals surface area (Å²) < 4.78 is 5.98. The van der Waals surface area contributed by atoms with Gasteiger partial charge in [0.25, 0.3) is 0 Å². The summed E-state index contributed by atoms with van der Waals surface area (Å²) in [6, 6.07) is 15.0. The SMILES string of the molecule is C.CC.CCN(C)c1ccc2nc3c4ccccc4c(=O)cc-3oc2c1. The van der Waals surface area contributed by atoms with Gasteiger partial charge in [0.15, 0.2) is 16.8 Å². The average Bonchev–Trinajstić information content (AvgIpc) is 2.67. The predicted molar refractivity (Wildman–Crippen MR) is 111 cm³/mol. The van der Waals surface area contributed by atoms with E-state index in [-0.39, 0.29) is 12.9 Å². The molecule has 4 heteroatoms. The molecule has 0 saturated carbocycles. The van der Waals surface area contributed by atoms with Crippen LogP contribution in [0, 0.1) is 0 Å². The molecule has 0 aromatic heterocycles. The number of fused-ring (bicyclic) bond motifs is 4. The van der Waals surface area contributed by atoms with E-state index < -0.39 is 0 Å². The van der Waals surface area contributed by atoms with Gasteiger partial charge >= 0.3 is 0 Å². The van der Waals surface area contributed by atoms with Crippen molar-refractivity contribution in [2.45, 2.75) is 28.2 Å². The molecule has 0 saturated heterocycles. The fourth-order valence-corrected chi connectivity index (χ4v) is 2.83. The third kappa shape index (κ3) is 3.27. The normalized spacial score (nSPS) is 10.3. The Morgan fingerprint density at radius 2 is 1.73 bits per heavy atom. The molecule has 0 unspecified atom stereocenters. The summed E-state index contributed by atoms with van der Waals surface area (Å²) in [6.45, 7) is 7.00. The van der Waals surface area contributed by atoms with E-state index in [2.05, 4.69) is 11.8 Å². The first-order chi connectivity index (χ1) is 12.2. The Hall–Kier alpha value is -2.88. The van der Waals surface area contributed by atoms with Crippen LogP contribution < -0.4 is 10.3 Å². The predicted octanol–water partition coefficient (Wildman–Crippen LogP) is 5.56. The first kappa shape index (κ1) is 19.4. The van der Waals surface area contributed by atoms with Gasteiger partial charge in [-0.1, -0.05) is 45.5 Å². The second-order valence-electron chi connectivity index (χ2n) is 5.65. The van der Waals surface area contributed by atoms with Gasteiger partial charge in [0, 0.05) is 42.2 Å². The van der Waals surface area contributed by atoms with Crippen molar-refractivity contribution in [2.75, 3.05) is 18.5 Å². The van der Waals surface area contributed by atoms with E-state index in [1.54, 1.807) is 0 Å². The number of hydrogen-bond donors (Lipinski definition) is 0. The summed E-state index contributed by atoms with van der Waals surface area (Å²) in [6.07, 6.45) is 0. The third-order valence-electron chi connectivity index (χ3n) is 4.25. The van der Waals surface area contributed by atoms with E-state index >= 15 is 0 Å². The topological polar surface area (TPSA) is 46.3 Å². The van der Waals surface area contributed by atoms with Crippen LogP contribution in [-0.2, 0) is 0 Å². The molecule has 0 radical (unpaired) electrons. The van der Waals surface area contributed by atoms with E-state index in [0.29, 0.717) is 16.7 Å². The number of benzene rings is 3. The zero-order valence-corrected chi connectivity index (χ0v) is 15.0. The van der Waals surface area contributed by atoms with Crippen molar-refractivity contribution in [3.63, 3.8) is 0 Å². The van der Waals surface area contributed by atoms with Gasteiger partial charge in [-0.3, -0.25) is 4.79 Å². The molecule has 0 bridgehead atoms. The minimum atomic E-state index is -0.0418. The quantitative estimate of drug-likeness (QED) is 0.350. The molecular weight excluding hydrogens is 324 g/mol. The molecule has 2 aromatic rings. The lowest BCUT2D eigenvalue weighted by Crippen LogP contribution is -2.15. The Labute approximate surface area is 154 Å². The molecule has 2 aromatic carbocycles. The first-order valence-corrected chi connectivity index (χ1v) is 8.65. The minimum Gasteiger partial charge on any atom is -0.453 e. The molecule has 0 N–H and O–H groups in total. The van der Waals surface area contributed by atoms with Crippen LogP contribution in [0.4, 0.5) is 5.69 Å². The summed E-state index contributed by atoms with van der Waals surface area (Å²) in [4.78, 5) is 19.1. The van der Waals surface area contributed by atoms with Crippen molar-refractivity contribution in [2.24, 2.45) is 0 Å². The van der Waals surface area contributed by atoms with E-state index in [1.807, 2.05) is 63.4 Å². The molecule has 4 rings (SSSR count). The molecule has 1 aliphatic heterocycles. The van der Waals surface area contributed by atoms with E-state index in [0.717, 1.165) is 28.8 Å². The minimum absolute atomic E-state index is 0. The fourth-order valence-electron chi connectivity index (χ4n) is 2.83. The van der Waals surface area contributed by atoms with Gasteiger partial charge in [-0.05, 0) is 19.1 Å². The molecule has 0 atom stereocenters. The number of aromatic nitrogens is 1. The molecule has 4 nitrogen and oxygen atoms in total. The highest BCUT2D eigenvalue weighted by atomic mass is 16.3. The molecular formula is C22H26N2O2. The van der Waals surface area contributed by atoms with Gasteiger partial charge in [-0.25, -0.2) is 4.98 Å². The highest BCUT2D eigenvalue weighted by molar-refractivity contribution is 5.96. The van der Waals surface area contributed by atoms with Gasteiger partial charge in [0.1, 0.15) is 11.2 Å². The highest BCUT2D eigenvalue weighted by Crippen LogP contribution is 2.31. The van der Waals surface area contributed by atoms with Crippen molar-refractivity contribution in [1.82, 2.24) is 4.98 Å². The standard InChI is InChI=1S/C19H16N2O2.C2H6.CH4/c1-3-21(2)12-8-9-15-17(10-12)23-18-11-16(22)13-6-4-5-7-14(13)19(18)20-15;1-2;/h4-11H,3H2,1-2H3;1-2H3;1H4. The Morgan fingerprint density at radius 1 is 1.04 bits per heavy atom. The molecule has 26 heavy (non-hydrogen) atoms. The summed E-state index contributed by atoms with van der Waals surface area (Å²) in [5.74, 6) is 0.525. The number of nitrogens with zero attached hydrogens (tertiary/aromatic N) is 2. The Balaban J connectivity index is 0.000000784. The van der Waals surface area contributed by atoms with Crippen LogP contribution >= 0.6 is 0 Å². The van der Waals surface area contributed by atoms with Crippen LogP contribution in [-0.4, -0.2) is 18.6 Å². The van der Waals surface area contributed by atoms with Crippen molar-refractivity contribution >= 4 is 27.6 Å². The van der Waals surface area contributed by atoms with Gasteiger partial charge in [0.2, 0.25) is 0 Å². The summed E-state index contributed by atoms with van der Waals surface area (Å²) in [5.41, 5.74) is 3.22. The second-order valence-corrected chi connectivity index (χ2v) is 5.65. The van der Waals surface area contributed by atoms with Crippen molar-refractivity contribution in [1.29, 1.82) is 0 Å². The largest absolute Gasteiger partial charge is 0.453 e. The Kier molecular flexibility index (Phi) is 5.98. The summed E-state index contributed by atoms with van der Waals surface area (Å²) in [5, 5.41) is 1.50. The van der Waals surface area contributed by atoms with Crippen LogP contribution in [0.3, 0.4) is 0 Å². The lowest BCUT2D eigenvalue weighted by Gasteiger charge is -2.17. The molecule has 0 spiro atoms. The van der Waals surface area contributed by atoms with Gasteiger partial charge < -0.3 is 9.32 Å². The molecule has 1 heterocycles. The van der Waals surface area contributed by atoms with Crippen molar-refractivity contribution in [3.05, 3.63) is 58.8 Å². The van der Waals surface area contributed by atoms with Gasteiger partial charge in [0.05, 0.1) is 0 Å². The smallest absolute Gasteiger partial charge is 0.190 e. The van der Waals surface area contributed by atoms with Gasteiger partial charge in [-0.15, -0.1) is 0 Å². The van der Waals surface area contributed by atoms with Crippen LogP contribution in [0.1, 0.15) is 28.2 Å². The van der Waals surface area contributed by atoms with E-state index in [9.17, 15) is 4.79 Å². The maximum atomic E-state index is 12.3. The third-order valence-corrected chi connectivity index (χ3v) is 4.25. The molecule has 136 valence electrons. The van der Waals surface area contributed by atoms with Crippen LogP contribution in [0.15, 0.2) is 57.7 Å². The summed E-state index contributed by atoms with van der Waals surface area (Å²) in [7, 11) is 2.03. The van der Waals surface area contributed by atoms with Crippen molar-refractivity contribution in [3.8, 4) is 11.5 Å². The lowest BCUT2D eigenvalue weighted by molar-refractivity contribution is 0.614.